The molecular formula is C39H50F8O2. The van der Waals surface area contributed by atoms with Crippen molar-refractivity contribution in [3.05, 3.63) is 64.7 Å². The largest absolute Gasteiger partial charge is 0.432 e. The highest BCUT2D eigenvalue weighted by Gasteiger charge is 2.40. The van der Waals surface area contributed by atoms with E-state index in [4.69, 9.17) is 4.74 Å². The Hall–Kier alpha value is -2.36. The fraction of sp³-hybridized carbons (Fsp3) is 0.692. The molecule has 274 valence electrons. The topological polar surface area (TPSA) is 18.5 Å². The van der Waals surface area contributed by atoms with Gasteiger partial charge in [-0.1, -0.05) is 51.5 Å². The normalized spacial score (nSPS) is 26.9. The van der Waals surface area contributed by atoms with Crippen molar-refractivity contribution in [2.75, 3.05) is 0 Å². The molecule has 3 saturated carbocycles. The Balaban J connectivity index is 1.04. The number of hydrogen-bond acceptors (Lipinski definition) is 2. The Bertz CT molecular complexity index is 1320. The maximum atomic E-state index is 15.1. The van der Waals surface area contributed by atoms with Crippen LogP contribution in [0.5, 0.6) is 5.75 Å². The maximum Gasteiger partial charge on any atom is 0.398 e. The average molecular weight is 703 g/mol. The molecule has 2 aromatic rings. The molecule has 3 aliphatic rings. The standard InChI is InChI=1S/C39H50F8O2/c1-2-3-4-5-25-6-8-26(9-7-25)27-10-12-28(13-11-27)29-15-18-32(19-16-29)49-39(46,47)31-17-14-30(34(40)22-31)20-21-38(44,45)48-33-23-35(41)37(43)36(42)24-33/h14,17,22-29,32H,2-13,15-16,18-21H2,1H3. The summed E-state index contributed by atoms with van der Waals surface area (Å²) in [5.41, 5.74) is -0.978. The second kappa shape index (κ2) is 16.8. The maximum absolute atomic E-state index is 15.1. The highest BCUT2D eigenvalue weighted by molar-refractivity contribution is 5.27. The van der Waals surface area contributed by atoms with Crippen LogP contribution < -0.4 is 4.74 Å². The van der Waals surface area contributed by atoms with E-state index in [1.54, 1.807) is 0 Å². The summed E-state index contributed by atoms with van der Waals surface area (Å²) in [6, 6.07) is 3.05. The first kappa shape index (κ1) is 37.9. The third-order valence-corrected chi connectivity index (χ3v) is 11.6. The van der Waals surface area contributed by atoms with Crippen molar-refractivity contribution in [3.63, 3.8) is 0 Å². The van der Waals surface area contributed by atoms with Gasteiger partial charge in [-0.25, -0.2) is 17.6 Å². The SMILES string of the molecule is CCCCCC1CCC(C2CCC(C3CCC(OC(F)(F)c4ccc(CCC(F)(F)Oc5cc(F)c(F)c(F)c5)c(F)c4)CC3)CC2)CC1. The highest BCUT2D eigenvalue weighted by Crippen LogP contribution is 2.47. The minimum atomic E-state index is -4.00. The van der Waals surface area contributed by atoms with Gasteiger partial charge in [0.1, 0.15) is 11.6 Å². The molecule has 0 saturated heterocycles. The van der Waals surface area contributed by atoms with Crippen molar-refractivity contribution in [1.82, 2.24) is 0 Å². The summed E-state index contributed by atoms with van der Waals surface area (Å²) in [6.07, 6.45) is 8.49. The summed E-state index contributed by atoms with van der Waals surface area (Å²) < 4.78 is 123. The lowest BCUT2D eigenvalue weighted by Crippen LogP contribution is -2.33. The van der Waals surface area contributed by atoms with Crippen molar-refractivity contribution in [1.29, 1.82) is 0 Å². The van der Waals surface area contributed by atoms with Crippen molar-refractivity contribution in [3.8, 4) is 5.75 Å². The molecule has 0 N–H and O–H groups in total. The molecule has 0 aliphatic heterocycles. The first-order valence-corrected chi connectivity index (χ1v) is 18.4. The van der Waals surface area contributed by atoms with Crippen molar-refractivity contribution >= 4 is 0 Å². The molecule has 0 amide bonds. The van der Waals surface area contributed by atoms with Crippen LogP contribution in [0.2, 0.25) is 0 Å². The number of rotatable bonds is 14. The molecule has 0 spiro atoms. The second-order valence-electron chi connectivity index (χ2n) is 14.9. The molecule has 0 bridgehead atoms. The van der Waals surface area contributed by atoms with Crippen LogP contribution in [-0.4, -0.2) is 12.2 Å². The molecule has 3 fully saturated rings. The lowest BCUT2D eigenvalue weighted by atomic mass is 9.65. The van der Waals surface area contributed by atoms with E-state index in [9.17, 15) is 26.3 Å². The molecule has 0 unspecified atom stereocenters. The summed E-state index contributed by atoms with van der Waals surface area (Å²) in [5, 5.41) is 0. The molecular weight excluding hydrogens is 652 g/mol. The van der Waals surface area contributed by atoms with E-state index < -0.39 is 65.7 Å². The van der Waals surface area contributed by atoms with Crippen LogP contribution in [-0.2, 0) is 17.3 Å². The molecule has 2 aromatic carbocycles. The summed E-state index contributed by atoms with van der Waals surface area (Å²) >= 11 is 0. The monoisotopic (exact) mass is 702 g/mol. The number of unbranched alkanes of at least 4 members (excludes halogenated alkanes) is 2. The van der Waals surface area contributed by atoms with Crippen LogP contribution in [0, 0.1) is 52.9 Å². The number of hydrogen-bond donors (Lipinski definition) is 0. The smallest absolute Gasteiger partial charge is 0.398 e. The van der Waals surface area contributed by atoms with Gasteiger partial charge in [0.15, 0.2) is 17.5 Å². The molecule has 5 rings (SSSR count). The van der Waals surface area contributed by atoms with E-state index in [1.165, 1.54) is 77.0 Å². The van der Waals surface area contributed by atoms with Gasteiger partial charge >= 0.3 is 12.2 Å². The zero-order valence-electron chi connectivity index (χ0n) is 28.4. The molecule has 2 nitrogen and oxygen atoms in total. The Kier molecular flexibility index (Phi) is 13.0. The molecule has 10 heteroatoms. The van der Waals surface area contributed by atoms with E-state index in [0.717, 1.165) is 42.7 Å². The first-order valence-electron chi connectivity index (χ1n) is 18.4. The van der Waals surface area contributed by atoms with E-state index in [0.29, 0.717) is 30.7 Å². The van der Waals surface area contributed by atoms with Crippen LogP contribution in [0.1, 0.15) is 127 Å². The number of benzene rings is 2. The molecule has 0 aromatic heterocycles. The predicted octanol–water partition coefficient (Wildman–Crippen LogP) is 12.7. The molecule has 3 aliphatic carbocycles. The fourth-order valence-electron chi connectivity index (χ4n) is 8.70. The van der Waals surface area contributed by atoms with Crippen LogP contribution in [0.15, 0.2) is 30.3 Å². The zero-order valence-corrected chi connectivity index (χ0v) is 28.4. The van der Waals surface area contributed by atoms with Crippen LogP contribution >= 0.6 is 0 Å². The van der Waals surface area contributed by atoms with Gasteiger partial charge in [0.05, 0.1) is 18.1 Å². The van der Waals surface area contributed by atoms with Crippen molar-refractivity contribution in [2.45, 2.75) is 141 Å². The van der Waals surface area contributed by atoms with Crippen molar-refractivity contribution in [2.24, 2.45) is 29.6 Å². The van der Waals surface area contributed by atoms with Crippen LogP contribution in [0.4, 0.5) is 35.1 Å². The van der Waals surface area contributed by atoms with Crippen molar-refractivity contribution < 1.29 is 44.6 Å². The summed E-state index contributed by atoms with van der Waals surface area (Å²) in [6.45, 7) is 2.26. The van der Waals surface area contributed by atoms with Gasteiger partial charge in [0.2, 0.25) is 0 Å². The Morgan fingerprint density at radius 1 is 0.653 bits per heavy atom. The van der Waals surface area contributed by atoms with Gasteiger partial charge in [-0.05, 0) is 118 Å². The van der Waals surface area contributed by atoms with E-state index in [-0.39, 0.29) is 17.7 Å². The Morgan fingerprint density at radius 2 is 1.18 bits per heavy atom. The highest BCUT2D eigenvalue weighted by atomic mass is 19.3. The van der Waals surface area contributed by atoms with E-state index in [1.807, 2.05) is 0 Å². The average Bonchev–Trinajstić information content (AvgIpc) is 3.07. The van der Waals surface area contributed by atoms with Gasteiger partial charge in [0.25, 0.3) is 0 Å². The van der Waals surface area contributed by atoms with Crippen LogP contribution in [0.3, 0.4) is 0 Å². The third-order valence-electron chi connectivity index (χ3n) is 11.6. The first-order chi connectivity index (χ1) is 23.3. The quantitative estimate of drug-likeness (QED) is 0.111. The van der Waals surface area contributed by atoms with Gasteiger partial charge in [-0.3, -0.25) is 0 Å². The molecule has 0 heterocycles. The Labute approximate surface area is 285 Å². The summed E-state index contributed by atoms with van der Waals surface area (Å²) in [4.78, 5) is 0. The number of alkyl halides is 4. The molecule has 49 heavy (non-hydrogen) atoms. The molecule has 0 atom stereocenters. The van der Waals surface area contributed by atoms with Crippen LogP contribution in [0.25, 0.3) is 0 Å². The predicted molar refractivity (Wildman–Crippen MR) is 172 cm³/mol. The minimum absolute atomic E-state index is 0.266. The van der Waals surface area contributed by atoms with Gasteiger partial charge in [0, 0.05) is 12.1 Å². The van der Waals surface area contributed by atoms with Gasteiger partial charge in [-0.2, -0.15) is 17.6 Å². The Morgan fingerprint density at radius 3 is 1.71 bits per heavy atom. The van der Waals surface area contributed by atoms with E-state index >= 15 is 8.78 Å². The number of aryl methyl sites for hydroxylation is 1. The summed E-state index contributed by atoms with van der Waals surface area (Å²) in [5.74, 6) is -3.52. The molecule has 0 radical (unpaired) electrons. The fourth-order valence-corrected chi connectivity index (χ4v) is 8.70. The number of ether oxygens (including phenoxy) is 2. The van der Waals surface area contributed by atoms with Gasteiger partial charge < -0.3 is 9.47 Å². The lowest BCUT2D eigenvalue weighted by Gasteiger charge is -2.41. The van der Waals surface area contributed by atoms with E-state index in [2.05, 4.69) is 11.7 Å². The van der Waals surface area contributed by atoms with Gasteiger partial charge in [-0.15, -0.1) is 0 Å². The lowest BCUT2D eigenvalue weighted by molar-refractivity contribution is -0.278. The minimum Gasteiger partial charge on any atom is -0.432 e. The summed E-state index contributed by atoms with van der Waals surface area (Å²) in [7, 11) is 0. The zero-order chi connectivity index (χ0) is 35.2. The third kappa shape index (κ3) is 10.4. The number of halogens is 8. The second-order valence-corrected chi connectivity index (χ2v) is 14.9.